The smallest absolute Gasteiger partial charge is 0.356 e. The van der Waals surface area contributed by atoms with Crippen LogP contribution >= 0.6 is 23.4 Å². The van der Waals surface area contributed by atoms with Crippen LogP contribution in [0.2, 0.25) is 5.02 Å². The van der Waals surface area contributed by atoms with Gasteiger partial charge in [-0.2, -0.15) is 0 Å². The van der Waals surface area contributed by atoms with Gasteiger partial charge in [0.05, 0.1) is 17.1 Å². The fourth-order valence-electron chi connectivity index (χ4n) is 2.33. The lowest BCUT2D eigenvalue weighted by Crippen LogP contribution is -2.07. The summed E-state index contributed by atoms with van der Waals surface area (Å²) in [6.07, 6.45) is 0. The van der Waals surface area contributed by atoms with Gasteiger partial charge in [-0.25, -0.2) is 14.2 Å². The predicted octanol–water partition coefficient (Wildman–Crippen LogP) is 4.99. The van der Waals surface area contributed by atoms with Crippen LogP contribution in [-0.4, -0.2) is 22.5 Å². The van der Waals surface area contributed by atoms with Gasteiger partial charge in [0.25, 0.3) is 0 Å². The van der Waals surface area contributed by atoms with E-state index < -0.39 is 11.8 Å². The molecule has 24 heavy (non-hydrogen) atoms. The van der Waals surface area contributed by atoms with E-state index in [1.807, 2.05) is 6.92 Å². The molecule has 0 fully saturated rings. The second kappa shape index (κ2) is 6.83. The van der Waals surface area contributed by atoms with E-state index in [1.165, 1.54) is 17.8 Å². The van der Waals surface area contributed by atoms with Crippen molar-refractivity contribution in [2.24, 2.45) is 0 Å². The van der Waals surface area contributed by atoms with Crippen LogP contribution in [0.3, 0.4) is 0 Å². The third-order valence-corrected chi connectivity index (χ3v) is 4.87. The number of H-pyrrole nitrogens is 1. The van der Waals surface area contributed by atoms with E-state index in [0.29, 0.717) is 17.1 Å². The molecule has 0 bridgehead atoms. The SMILES string of the molecule is CCOC(=O)c1cccc(Sc2c(C)[nH]c3c(F)c(Cl)ccc23)n1. The van der Waals surface area contributed by atoms with E-state index in [9.17, 15) is 9.18 Å². The van der Waals surface area contributed by atoms with Gasteiger partial charge in [0.2, 0.25) is 0 Å². The summed E-state index contributed by atoms with van der Waals surface area (Å²) < 4.78 is 19.1. The topological polar surface area (TPSA) is 55.0 Å². The van der Waals surface area contributed by atoms with Crippen molar-refractivity contribution in [3.63, 3.8) is 0 Å². The van der Waals surface area contributed by atoms with Crippen molar-refractivity contribution in [3.05, 3.63) is 52.6 Å². The number of carbonyl (C=O) groups is 1. The van der Waals surface area contributed by atoms with E-state index >= 15 is 0 Å². The summed E-state index contributed by atoms with van der Waals surface area (Å²) in [5.74, 6) is -0.939. The van der Waals surface area contributed by atoms with Crippen molar-refractivity contribution >= 4 is 40.2 Å². The highest BCUT2D eigenvalue weighted by Crippen LogP contribution is 2.37. The summed E-state index contributed by atoms with van der Waals surface area (Å²) >= 11 is 7.18. The van der Waals surface area contributed by atoms with E-state index in [1.54, 1.807) is 31.2 Å². The number of hydrogen-bond donors (Lipinski definition) is 1. The van der Waals surface area contributed by atoms with Gasteiger partial charge in [-0.1, -0.05) is 29.4 Å². The molecule has 0 aliphatic heterocycles. The first-order valence-corrected chi connectivity index (χ1v) is 8.49. The molecular weight excluding hydrogens is 351 g/mol. The third kappa shape index (κ3) is 3.12. The highest BCUT2D eigenvalue weighted by atomic mass is 35.5. The van der Waals surface area contributed by atoms with Gasteiger partial charge < -0.3 is 9.72 Å². The Hall–Kier alpha value is -2.05. The summed E-state index contributed by atoms with van der Waals surface area (Å²) in [5.41, 5.74) is 1.41. The lowest BCUT2D eigenvalue weighted by Gasteiger charge is -2.05. The molecule has 0 saturated carbocycles. The molecule has 0 aliphatic carbocycles. The number of ether oxygens (including phenoxy) is 1. The molecule has 0 spiro atoms. The standard InChI is InChI=1S/C17H14ClFN2O2S/c1-3-23-17(22)12-5-4-6-13(21-12)24-16-9(2)20-15-10(16)7-8-11(18)14(15)19/h4-8,20H,3H2,1-2H3. The molecule has 3 rings (SSSR count). The fraction of sp³-hybridized carbons (Fsp3) is 0.176. The minimum Gasteiger partial charge on any atom is -0.461 e. The van der Waals surface area contributed by atoms with Gasteiger partial charge in [0, 0.05) is 16.0 Å². The molecule has 2 heterocycles. The zero-order valence-electron chi connectivity index (χ0n) is 13.0. The number of esters is 1. The Labute approximate surface area is 147 Å². The molecule has 124 valence electrons. The number of aromatic nitrogens is 2. The number of nitrogens with zero attached hydrogens (tertiary/aromatic N) is 1. The number of fused-ring (bicyclic) bond motifs is 1. The van der Waals surface area contributed by atoms with Crippen LogP contribution in [0.5, 0.6) is 0 Å². The van der Waals surface area contributed by atoms with E-state index in [-0.39, 0.29) is 10.7 Å². The lowest BCUT2D eigenvalue weighted by molar-refractivity contribution is 0.0518. The number of carbonyl (C=O) groups excluding carboxylic acids is 1. The Morgan fingerprint density at radius 3 is 2.92 bits per heavy atom. The Balaban J connectivity index is 1.99. The number of halogens is 2. The monoisotopic (exact) mass is 364 g/mol. The molecule has 1 aromatic carbocycles. The molecule has 0 atom stereocenters. The summed E-state index contributed by atoms with van der Waals surface area (Å²) in [7, 11) is 0. The Morgan fingerprint density at radius 1 is 1.38 bits per heavy atom. The second-order valence-electron chi connectivity index (χ2n) is 5.05. The average molecular weight is 365 g/mol. The second-order valence-corrected chi connectivity index (χ2v) is 6.48. The van der Waals surface area contributed by atoms with E-state index in [4.69, 9.17) is 16.3 Å². The number of rotatable bonds is 4. The Kier molecular flexibility index (Phi) is 4.78. The highest BCUT2D eigenvalue weighted by molar-refractivity contribution is 7.99. The van der Waals surface area contributed by atoms with Crippen molar-refractivity contribution in [2.45, 2.75) is 23.8 Å². The van der Waals surface area contributed by atoms with Gasteiger partial charge in [-0.05, 0) is 38.1 Å². The zero-order valence-corrected chi connectivity index (χ0v) is 14.6. The molecular formula is C17H14ClFN2O2S. The van der Waals surface area contributed by atoms with Gasteiger partial charge in [0.1, 0.15) is 10.7 Å². The van der Waals surface area contributed by atoms with Crippen LogP contribution in [0.25, 0.3) is 10.9 Å². The van der Waals surface area contributed by atoms with Gasteiger partial charge in [-0.3, -0.25) is 0 Å². The molecule has 2 aromatic heterocycles. The number of hydrogen-bond acceptors (Lipinski definition) is 4. The number of pyridine rings is 1. The van der Waals surface area contributed by atoms with Crippen LogP contribution in [-0.2, 0) is 4.74 Å². The molecule has 0 unspecified atom stereocenters. The maximum atomic E-state index is 14.1. The molecule has 0 aliphatic rings. The van der Waals surface area contributed by atoms with E-state index in [2.05, 4.69) is 9.97 Å². The van der Waals surface area contributed by atoms with Crippen molar-refractivity contribution in [1.82, 2.24) is 9.97 Å². The largest absolute Gasteiger partial charge is 0.461 e. The lowest BCUT2D eigenvalue weighted by atomic mass is 10.2. The van der Waals surface area contributed by atoms with Crippen molar-refractivity contribution in [1.29, 1.82) is 0 Å². The summed E-state index contributed by atoms with van der Waals surface area (Å²) in [5, 5.41) is 1.42. The molecule has 0 amide bonds. The van der Waals surface area contributed by atoms with Crippen LogP contribution in [0.1, 0.15) is 23.1 Å². The first-order valence-electron chi connectivity index (χ1n) is 7.29. The minimum atomic E-state index is -0.475. The molecule has 1 N–H and O–H groups in total. The highest BCUT2D eigenvalue weighted by Gasteiger charge is 2.16. The van der Waals surface area contributed by atoms with Crippen molar-refractivity contribution in [2.75, 3.05) is 6.61 Å². The van der Waals surface area contributed by atoms with Gasteiger partial charge in [-0.15, -0.1) is 0 Å². The van der Waals surface area contributed by atoms with Crippen LogP contribution in [0.15, 0.2) is 40.3 Å². The van der Waals surface area contributed by atoms with Crippen LogP contribution in [0.4, 0.5) is 4.39 Å². The van der Waals surface area contributed by atoms with Crippen molar-refractivity contribution < 1.29 is 13.9 Å². The normalized spacial score (nSPS) is 11.0. The number of nitrogens with one attached hydrogen (secondary N) is 1. The predicted molar refractivity (Wildman–Crippen MR) is 92.3 cm³/mol. The maximum Gasteiger partial charge on any atom is 0.356 e. The third-order valence-electron chi connectivity index (χ3n) is 3.41. The maximum absolute atomic E-state index is 14.1. The first kappa shape index (κ1) is 16.8. The molecule has 0 saturated heterocycles. The number of benzene rings is 1. The summed E-state index contributed by atoms with van der Waals surface area (Å²) in [4.78, 5) is 20.0. The van der Waals surface area contributed by atoms with E-state index in [0.717, 1.165) is 16.0 Å². The number of aryl methyl sites for hydroxylation is 1. The Morgan fingerprint density at radius 2 is 2.17 bits per heavy atom. The van der Waals surface area contributed by atoms with Crippen molar-refractivity contribution in [3.8, 4) is 0 Å². The van der Waals surface area contributed by atoms with Crippen LogP contribution in [0, 0.1) is 12.7 Å². The van der Waals surface area contributed by atoms with Gasteiger partial charge in [0.15, 0.2) is 5.82 Å². The van der Waals surface area contributed by atoms with Gasteiger partial charge >= 0.3 is 5.97 Å². The summed E-state index contributed by atoms with van der Waals surface area (Å²) in [6.45, 7) is 3.88. The Bertz CT molecular complexity index is 926. The fourth-order valence-corrected chi connectivity index (χ4v) is 3.48. The average Bonchev–Trinajstić information content (AvgIpc) is 2.88. The minimum absolute atomic E-state index is 0.0720. The first-order chi connectivity index (χ1) is 11.5. The van der Waals surface area contributed by atoms with Crippen LogP contribution < -0.4 is 0 Å². The molecule has 0 radical (unpaired) electrons. The molecule has 3 aromatic rings. The quantitative estimate of drug-likeness (QED) is 0.662. The number of aromatic amines is 1. The zero-order chi connectivity index (χ0) is 17.3. The molecule has 4 nitrogen and oxygen atoms in total. The summed E-state index contributed by atoms with van der Waals surface area (Å²) in [6, 6.07) is 8.42. The molecule has 7 heteroatoms.